The van der Waals surface area contributed by atoms with Crippen molar-refractivity contribution in [3.63, 3.8) is 0 Å². The Morgan fingerprint density at radius 1 is 1.30 bits per heavy atom. The first-order chi connectivity index (χ1) is 9.47. The Balaban J connectivity index is 2.01. The quantitative estimate of drug-likeness (QED) is 0.797. The number of nitrogens with one attached hydrogen (secondary N) is 2. The van der Waals surface area contributed by atoms with Gasteiger partial charge >= 0.3 is 6.18 Å². The molecule has 0 amide bonds. The van der Waals surface area contributed by atoms with Crippen molar-refractivity contribution in [2.75, 3.05) is 25.0 Å². The average molecular weight is 349 g/mol. The van der Waals surface area contributed by atoms with E-state index < -0.39 is 11.7 Å². The molecule has 1 heterocycles. The second-order valence-corrected chi connectivity index (χ2v) is 5.60. The Bertz CT molecular complexity index is 498. The Labute approximate surface area is 124 Å². The standard InChI is InChI=1S/C14H16BrF3N2/c15-11-1-2-12(14(16,17)18)13(9-11)20-8-5-10-3-6-19-7-4-10/h1-3,9,19-20H,4-8H2. The van der Waals surface area contributed by atoms with Gasteiger partial charge in [-0.15, -0.1) is 0 Å². The summed E-state index contributed by atoms with van der Waals surface area (Å²) in [5.74, 6) is 0. The van der Waals surface area contributed by atoms with Gasteiger partial charge in [0.15, 0.2) is 0 Å². The van der Waals surface area contributed by atoms with Crippen LogP contribution in [0, 0.1) is 0 Å². The van der Waals surface area contributed by atoms with Crippen LogP contribution in [0.2, 0.25) is 0 Å². The van der Waals surface area contributed by atoms with Crippen LogP contribution >= 0.6 is 15.9 Å². The highest BCUT2D eigenvalue weighted by atomic mass is 79.9. The Morgan fingerprint density at radius 3 is 2.75 bits per heavy atom. The minimum absolute atomic E-state index is 0.126. The molecule has 0 radical (unpaired) electrons. The van der Waals surface area contributed by atoms with Crippen molar-refractivity contribution in [3.05, 3.63) is 39.9 Å². The summed E-state index contributed by atoms with van der Waals surface area (Å²) in [4.78, 5) is 0. The first-order valence-electron chi connectivity index (χ1n) is 6.46. The molecule has 0 unspecified atom stereocenters. The van der Waals surface area contributed by atoms with Gasteiger partial charge in [0.2, 0.25) is 0 Å². The number of benzene rings is 1. The molecule has 0 atom stereocenters. The van der Waals surface area contributed by atoms with Crippen molar-refractivity contribution in [2.24, 2.45) is 0 Å². The summed E-state index contributed by atoms with van der Waals surface area (Å²) in [6, 6.07) is 3.97. The first kappa shape index (κ1) is 15.4. The van der Waals surface area contributed by atoms with Crippen molar-refractivity contribution in [1.82, 2.24) is 5.32 Å². The molecule has 0 bridgehead atoms. The number of anilines is 1. The Morgan fingerprint density at radius 2 is 2.10 bits per heavy atom. The molecule has 20 heavy (non-hydrogen) atoms. The Hall–Kier alpha value is -1.01. The SMILES string of the molecule is FC(F)(F)c1ccc(Br)cc1NCCC1=CCNCC1. The lowest BCUT2D eigenvalue weighted by molar-refractivity contribution is -0.136. The van der Waals surface area contributed by atoms with Gasteiger partial charge in [-0.3, -0.25) is 0 Å². The summed E-state index contributed by atoms with van der Waals surface area (Å²) in [6.45, 7) is 2.29. The maximum Gasteiger partial charge on any atom is 0.418 e. The van der Waals surface area contributed by atoms with E-state index in [4.69, 9.17) is 0 Å². The van der Waals surface area contributed by atoms with E-state index in [0.717, 1.165) is 32.0 Å². The summed E-state index contributed by atoms with van der Waals surface area (Å²) in [7, 11) is 0. The van der Waals surface area contributed by atoms with E-state index >= 15 is 0 Å². The highest BCUT2D eigenvalue weighted by molar-refractivity contribution is 9.10. The summed E-state index contributed by atoms with van der Waals surface area (Å²) >= 11 is 3.20. The van der Waals surface area contributed by atoms with Crippen molar-refractivity contribution < 1.29 is 13.2 Å². The molecule has 2 N–H and O–H groups in total. The fraction of sp³-hybridized carbons (Fsp3) is 0.429. The van der Waals surface area contributed by atoms with Crippen LogP contribution in [0.15, 0.2) is 34.3 Å². The largest absolute Gasteiger partial charge is 0.418 e. The van der Waals surface area contributed by atoms with E-state index in [1.54, 1.807) is 0 Å². The molecule has 0 fully saturated rings. The van der Waals surface area contributed by atoms with Crippen LogP contribution in [0.1, 0.15) is 18.4 Å². The van der Waals surface area contributed by atoms with Crippen LogP contribution < -0.4 is 10.6 Å². The predicted molar refractivity (Wildman–Crippen MR) is 77.8 cm³/mol. The van der Waals surface area contributed by atoms with E-state index in [-0.39, 0.29) is 5.69 Å². The van der Waals surface area contributed by atoms with Crippen LogP contribution in [0.5, 0.6) is 0 Å². The molecule has 0 aromatic heterocycles. The third kappa shape index (κ3) is 4.24. The zero-order valence-corrected chi connectivity index (χ0v) is 12.4. The lowest BCUT2D eigenvalue weighted by atomic mass is 10.1. The molecule has 110 valence electrons. The maximum absolute atomic E-state index is 12.9. The van der Waals surface area contributed by atoms with E-state index in [0.29, 0.717) is 11.0 Å². The van der Waals surface area contributed by atoms with E-state index in [1.165, 1.54) is 17.7 Å². The van der Waals surface area contributed by atoms with Gasteiger partial charge in [-0.05, 0) is 37.6 Å². The van der Waals surface area contributed by atoms with Gasteiger partial charge in [-0.25, -0.2) is 0 Å². The smallest absolute Gasteiger partial charge is 0.384 e. The molecule has 2 nitrogen and oxygen atoms in total. The third-order valence-electron chi connectivity index (χ3n) is 3.21. The zero-order chi connectivity index (χ0) is 14.6. The second-order valence-electron chi connectivity index (χ2n) is 4.68. The van der Waals surface area contributed by atoms with Crippen LogP contribution in [0.25, 0.3) is 0 Å². The van der Waals surface area contributed by atoms with Crippen molar-refractivity contribution >= 4 is 21.6 Å². The van der Waals surface area contributed by atoms with Gasteiger partial charge < -0.3 is 10.6 Å². The molecule has 1 aromatic carbocycles. The van der Waals surface area contributed by atoms with Crippen LogP contribution in [-0.4, -0.2) is 19.6 Å². The summed E-state index contributed by atoms with van der Waals surface area (Å²) < 4.78 is 39.3. The fourth-order valence-corrected chi connectivity index (χ4v) is 2.53. The van der Waals surface area contributed by atoms with E-state index in [1.807, 2.05) is 0 Å². The zero-order valence-electron chi connectivity index (χ0n) is 10.9. The van der Waals surface area contributed by atoms with Crippen LogP contribution in [0.4, 0.5) is 18.9 Å². The first-order valence-corrected chi connectivity index (χ1v) is 7.25. The molecule has 0 aliphatic carbocycles. The number of hydrogen-bond acceptors (Lipinski definition) is 2. The topological polar surface area (TPSA) is 24.1 Å². The van der Waals surface area contributed by atoms with Crippen LogP contribution in [-0.2, 0) is 6.18 Å². The molecule has 2 rings (SSSR count). The molecule has 0 saturated carbocycles. The molecule has 0 saturated heterocycles. The van der Waals surface area contributed by atoms with E-state index in [9.17, 15) is 13.2 Å². The van der Waals surface area contributed by atoms with Crippen molar-refractivity contribution in [2.45, 2.75) is 19.0 Å². The second kappa shape index (κ2) is 6.63. The van der Waals surface area contributed by atoms with Gasteiger partial charge in [0.1, 0.15) is 0 Å². The van der Waals surface area contributed by atoms with Crippen LogP contribution in [0.3, 0.4) is 0 Å². The normalized spacial score (nSPS) is 15.9. The maximum atomic E-state index is 12.9. The van der Waals surface area contributed by atoms with Crippen molar-refractivity contribution in [3.8, 4) is 0 Å². The molecule has 1 aliphatic rings. The molecular weight excluding hydrogens is 333 g/mol. The number of alkyl halides is 3. The van der Waals surface area contributed by atoms with Gasteiger partial charge in [0.25, 0.3) is 0 Å². The summed E-state index contributed by atoms with van der Waals surface area (Å²) in [6.07, 6.45) is -0.494. The minimum Gasteiger partial charge on any atom is -0.384 e. The highest BCUT2D eigenvalue weighted by Crippen LogP contribution is 2.36. The number of rotatable bonds is 4. The monoisotopic (exact) mass is 348 g/mol. The molecular formula is C14H16BrF3N2. The highest BCUT2D eigenvalue weighted by Gasteiger charge is 2.33. The molecule has 0 spiro atoms. The third-order valence-corrected chi connectivity index (χ3v) is 3.70. The lowest BCUT2D eigenvalue weighted by Crippen LogP contribution is -2.21. The minimum atomic E-state index is -4.34. The Kier molecular flexibility index (Phi) is 5.10. The number of hydrogen-bond donors (Lipinski definition) is 2. The molecule has 1 aliphatic heterocycles. The number of halogens is 4. The van der Waals surface area contributed by atoms with E-state index in [2.05, 4.69) is 32.6 Å². The fourth-order valence-electron chi connectivity index (χ4n) is 2.16. The van der Waals surface area contributed by atoms with Gasteiger partial charge in [0.05, 0.1) is 5.56 Å². The van der Waals surface area contributed by atoms with Gasteiger partial charge in [-0.1, -0.05) is 27.6 Å². The van der Waals surface area contributed by atoms with Crippen molar-refractivity contribution in [1.29, 1.82) is 0 Å². The predicted octanol–water partition coefficient (Wildman–Crippen LogP) is 4.19. The molecule has 6 heteroatoms. The summed E-state index contributed by atoms with van der Waals surface area (Å²) in [5.41, 5.74) is 0.793. The molecule has 1 aromatic rings. The lowest BCUT2D eigenvalue weighted by Gasteiger charge is -2.17. The summed E-state index contributed by atoms with van der Waals surface area (Å²) in [5, 5.41) is 6.10. The van der Waals surface area contributed by atoms with Gasteiger partial charge in [-0.2, -0.15) is 13.2 Å². The van der Waals surface area contributed by atoms with Gasteiger partial charge in [0, 0.05) is 23.2 Å². The average Bonchev–Trinajstić information content (AvgIpc) is 2.38.